The molecular formula is C6H14Cl6FNaO4Ti. The molecule has 0 aromatic heterocycles. The Morgan fingerprint density at radius 3 is 0.684 bits per heavy atom. The first-order valence-corrected chi connectivity index (χ1v) is 6.10. The zero-order chi connectivity index (χ0) is 11.5. The van der Waals surface area contributed by atoms with E-state index in [0.717, 1.165) is 0 Å². The van der Waals surface area contributed by atoms with Gasteiger partial charge in [-0.1, -0.05) is 4.53 Å². The third-order valence-electron chi connectivity index (χ3n) is 1.83. The van der Waals surface area contributed by atoms with Crippen molar-refractivity contribution in [2.45, 2.75) is 32.3 Å². The molecule has 0 aromatic carbocycles. The van der Waals surface area contributed by atoms with Crippen LogP contribution < -0.4 is 29.6 Å². The molecule has 1 saturated carbocycles. The van der Waals surface area contributed by atoms with Crippen LogP contribution in [0, 0.1) is 0 Å². The maximum atomic E-state index is 8.50. The van der Waals surface area contributed by atoms with Gasteiger partial charge in [-0.25, -0.2) is 5.31 Å². The summed E-state index contributed by atoms with van der Waals surface area (Å²) >= 11 is 35.3. The van der Waals surface area contributed by atoms with E-state index in [0.29, 0.717) is 0 Å². The summed E-state index contributed by atoms with van der Waals surface area (Å²) in [5.74, 6) is 0. The molecule has 1 aliphatic carbocycles. The van der Waals surface area contributed by atoms with Crippen LogP contribution in [0.3, 0.4) is 0 Å². The van der Waals surface area contributed by atoms with Crippen LogP contribution in [0.25, 0.3) is 0 Å². The zero-order valence-electron chi connectivity index (χ0n) is 10.6. The van der Waals surface area contributed by atoms with Gasteiger partial charge >= 0.3 is 29.6 Å². The van der Waals surface area contributed by atoms with Crippen molar-refractivity contribution in [3.63, 3.8) is 0 Å². The summed E-state index contributed by atoms with van der Waals surface area (Å²) in [4.78, 5) is 0. The summed E-state index contributed by atoms with van der Waals surface area (Å²) in [5.41, 5.74) is 0. The first kappa shape index (κ1) is 38.0. The minimum Gasteiger partial charge on any atom is -1.00 e. The van der Waals surface area contributed by atoms with E-state index in [2.05, 4.69) is 0 Å². The van der Waals surface area contributed by atoms with Crippen LogP contribution >= 0.6 is 69.6 Å². The summed E-state index contributed by atoms with van der Waals surface area (Å²) in [6.45, 7) is 0. The van der Waals surface area contributed by atoms with Crippen LogP contribution in [-0.4, -0.2) is 54.0 Å². The van der Waals surface area contributed by atoms with Gasteiger partial charge in [0.25, 0.3) is 0 Å². The first-order chi connectivity index (χ1) is 6.46. The number of hydrogen-bond donors (Lipinski definition) is 1. The number of hydrogen-bond acceptors (Lipinski definition) is 1. The predicted octanol–water partition coefficient (Wildman–Crippen LogP) is -1.85. The average Bonchev–Trinajstić information content (AvgIpc) is 2.24. The van der Waals surface area contributed by atoms with E-state index in [9.17, 15) is 0 Å². The molecule has 0 spiro atoms. The topological polar surface area (TPSA) is 115 Å². The molecule has 4 nitrogen and oxygen atoms in total. The molecule has 0 aliphatic heterocycles. The first-order valence-electron chi connectivity index (χ1n) is 3.48. The molecule has 0 heterocycles. The quantitative estimate of drug-likeness (QED) is 0.337. The molecular weight excluding hydrogens is 439 g/mol. The Morgan fingerprint density at radius 1 is 0.579 bits per heavy atom. The van der Waals surface area contributed by atoms with Crippen LogP contribution in [0.2, 0.25) is 0 Å². The molecule has 0 amide bonds. The van der Waals surface area contributed by atoms with Crippen LogP contribution in [0.15, 0.2) is 0 Å². The van der Waals surface area contributed by atoms with Gasteiger partial charge in [0.05, 0.1) is 32.3 Å². The molecule has 19 heavy (non-hydrogen) atoms. The van der Waals surface area contributed by atoms with Crippen molar-refractivity contribution in [1.82, 2.24) is 0 Å². The van der Waals surface area contributed by atoms with Crippen molar-refractivity contribution in [3.8, 4) is 0 Å². The fraction of sp³-hybridized carbons (Fsp3) is 1.00. The van der Waals surface area contributed by atoms with Crippen molar-refractivity contribution in [3.05, 3.63) is 0 Å². The summed E-state index contributed by atoms with van der Waals surface area (Å²) in [7, 11) is 0. The molecule has 0 bridgehead atoms. The monoisotopic (exact) mass is 450 g/mol. The van der Waals surface area contributed by atoms with Gasteiger partial charge in [0.15, 0.2) is 0 Å². The molecule has 0 aromatic rings. The molecule has 7 N–H and O–H groups in total. The second-order valence-electron chi connectivity index (χ2n) is 2.67. The normalized spacial score (nSPS) is 35.4. The van der Waals surface area contributed by atoms with Gasteiger partial charge in [-0.05, 0) is 0 Å². The van der Waals surface area contributed by atoms with Gasteiger partial charge in [0.2, 0.25) is 0 Å². The Labute approximate surface area is 179 Å². The van der Waals surface area contributed by atoms with Gasteiger partial charge < -0.3 is 17.9 Å². The van der Waals surface area contributed by atoms with Gasteiger partial charge in [0, 0.05) is 21.7 Å². The minimum atomic E-state index is -0.437. The zero-order valence-corrected chi connectivity index (χ0v) is 17.7. The Bertz CT molecular complexity index is 139. The Morgan fingerprint density at radius 2 is 0.632 bits per heavy atom. The molecule has 0 unspecified atom stereocenters. The molecule has 0 radical (unpaired) electrons. The summed E-state index contributed by atoms with van der Waals surface area (Å²) in [6.07, 6.45) is 0. The van der Waals surface area contributed by atoms with Crippen LogP contribution in [0.4, 0.5) is 4.53 Å². The van der Waals surface area contributed by atoms with Gasteiger partial charge in [-0.3, -0.25) is 0 Å². The summed E-state index contributed by atoms with van der Waals surface area (Å²) in [6, 6.07) is 0. The molecule has 0 saturated heterocycles. The Kier molecular flexibility index (Phi) is 38.6. The fourth-order valence-corrected chi connectivity index (χ4v) is 3.38. The van der Waals surface area contributed by atoms with Crippen LogP contribution in [0.1, 0.15) is 1.43 Å². The van der Waals surface area contributed by atoms with E-state index in [1.165, 1.54) is 0 Å². The van der Waals surface area contributed by atoms with Crippen LogP contribution in [0.5, 0.6) is 0 Å². The van der Waals surface area contributed by atoms with Crippen molar-refractivity contribution < 1.29 is 79.0 Å². The van der Waals surface area contributed by atoms with E-state index in [1.54, 1.807) is 0 Å². The number of rotatable bonds is 0. The average molecular weight is 453 g/mol. The standard InChI is InChI=1S/C6H6Cl6.FHO.Na.3H2O.Ti.H/c7-1-2(8)4(10)6(12)5(11)3(1)9;1-2;;;;;;/h1-6H;2H;;3*1H2;;/q;;+1;;;;;-1. The second kappa shape index (κ2) is 19.3. The van der Waals surface area contributed by atoms with E-state index in [-0.39, 0.29) is 69.1 Å². The molecule has 1 fully saturated rings. The largest absolute Gasteiger partial charge is 1.00 e. The Balaban J connectivity index is -0.0000000404. The molecule has 13 heteroatoms. The van der Waals surface area contributed by atoms with Crippen molar-refractivity contribution in [1.29, 1.82) is 0 Å². The molecule has 1 rings (SSSR count). The number of halogens is 7. The van der Waals surface area contributed by atoms with Gasteiger partial charge in [-0.2, -0.15) is 0 Å². The number of alkyl halides is 6. The van der Waals surface area contributed by atoms with Crippen molar-refractivity contribution >= 4 is 69.6 Å². The van der Waals surface area contributed by atoms with E-state index in [1.807, 2.05) is 0 Å². The van der Waals surface area contributed by atoms with Gasteiger partial charge in [0.1, 0.15) is 0 Å². The summed E-state index contributed by atoms with van der Waals surface area (Å²) < 4.78 is 8.50. The van der Waals surface area contributed by atoms with E-state index in [4.69, 9.17) is 79.4 Å². The van der Waals surface area contributed by atoms with E-state index >= 15 is 0 Å². The maximum Gasteiger partial charge on any atom is 1.00 e. The summed E-state index contributed by atoms with van der Waals surface area (Å²) in [5, 5.41) is 2.88. The fourth-order valence-electron chi connectivity index (χ4n) is 1.05. The molecule has 1 aliphatic rings. The SMILES string of the molecule is ClC1C(Cl)C(Cl)C(Cl)C(Cl)C1Cl.O.O.O.OF.[H-].[Na+].[Ti]. The van der Waals surface area contributed by atoms with Crippen molar-refractivity contribution in [2.75, 3.05) is 0 Å². The third kappa shape index (κ3) is 10.6. The Hall–Kier alpha value is 3.22. The molecule has 0 atom stereocenters. The van der Waals surface area contributed by atoms with Crippen LogP contribution in [-0.2, 0) is 21.7 Å². The van der Waals surface area contributed by atoms with Gasteiger partial charge in [-0.15, -0.1) is 69.6 Å². The minimum absolute atomic E-state index is 0. The van der Waals surface area contributed by atoms with Crippen molar-refractivity contribution in [2.24, 2.45) is 0 Å². The third-order valence-corrected chi connectivity index (χ3v) is 5.86. The second-order valence-corrected chi connectivity index (χ2v) is 5.69. The molecule has 116 valence electrons. The van der Waals surface area contributed by atoms with E-state index < -0.39 is 32.3 Å². The smallest absolute Gasteiger partial charge is 1.00 e. The maximum absolute atomic E-state index is 8.50. The predicted molar refractivity (Wildman–Crippen MR) is 73.1 cm³/mol.